The van der Waals surface area contributed by atoms with Gasteiger partial charge < -0.3 is 18.9 Å². The van der Waals surface area contributed by atoms with Crippen LogP contribution in [0.3, 0.4) is 0 Å². The smallest absolute Gasteiger partial charge is 0.335 e. The first-order chi connectivity index (χ1) is 22.3. The Morgan fingerprint density at radius 2 is 1.41 bits per heavy atom. The zero-order chi connectivity index (χ0) is 32.6. The number of carbonyl (C=O) groups excluding carboxylic acids is 3. The Morgan fingerprint density at radius 3 is 2.13 bits per heavy atom. The number of ether oxygens (including phenoxy) is 4. The predicted octanol–water partition coefficient (Wildman–Crippen LogP) is 7.62. The Kier molecular flexibility index (Phi) is 10.5. The number of hydrogen-bond acceptors (Lipinski definition) is 7. The first-order valence-corrected chi connectivity index (χ1v) is 15.2. The molecular weight excluding hydrogens is 631 g/mol. The lowest BCUT2D eigenvalue weighted by atomic mass is 10.1. The van der Waals surface area contributed by atoms with Crippen LogP contribution < -0.4 is 29.2 Å². The first-order valence-electron chi connectivity index (χ1n) is 14.5. The van der Waals surface area contributed by atoms with Gasteiger partial charge in [-0.05, 0) is 85.1 Å². The number of urea groups is 1. The van der Waals surface area contributed by atoms with Crippen LogP contribution in [-0.2, 0) is 22.8 Å². The number of nitrogens with zero attached hydrogens (tertiary/aromatic N) is 1. The molecule has 236 valence electrons. The molecule has 0 radical (unpaired) electrons. The van der Waals surface area contributed by atoms with E-state index in [1.54, 1.807) is 19.1 Å². The lowest BCUT2D eigenvalue weighted by molar-refractivity contribution is -0.122. The van der Waals surface area contributed by atoms with Gasteiger partial charge in [-0.15, -0.1) is 0 Å². The van der Waals surface area contributed by atoms with E-state index in [4.69, 9.17) is 42.1 Å². The first kappa shape index (κ1) is 32.4. The van der Waals surface area contributed by atoms with E-state index >= 15 is 0 Å². The van der Waals surface area contributed by atoms with Crippen LogP contribution in [0, 0.1) is 0 Å². The number of carbonyl (C=O) groups is 3. The maximum absolute atomic E-state index is 13.3. The molecule has 0 aliphatic carbocycles. The molecule has 0 bridgehead atoms. The predicted molar refractivity (Wildman–Crippen MR) is 176 cm³/mol. The summed E-state index contributed by atoms with van der Waals surface area (Å²) in [5, 5.41) is 2.82. The maximum atomic E-state index is 13.3. The van der Waals surface area contributed by atoms with Gasteiger partial charge in [-0.25, -0.2) is 9.69 Å². The van der Waals surface area contributed by atoms with Gasteiger partial charge in [0.05, 0.1) is 23.9 Å². The van der Waals surface area contributed by atoms with E-state index in [2.05, 4.69) is 5.32 Å². The van der Waals surface area contributed by atoms with E-state index in [1.165, 1.54) is 30.3 Å². The van der Waals surface area contributed by atoms with Crippen LogP contribution in [0.2, 0.25) is 10.0 Å². The molecule has 0 atom stereocenters. The molecule has 11 heteroatoms. The summed E-state index contributed by atoms with van der Waals surface area (Å²) in [6, 6.07) is 23.8. The molecule has 46 heavy (non-hydrogen) atoms. The molecule has 0 saturated carbocycles. The van der Waals surface area contributed by atoms with Gasteiger partial charge in [0.2, 0.25) is 0 Å². The Balaban J connectivity index is 1.36. The van der Waals surface area contributed by atoms with Crippen molar-refractivity contribution in [2.75, 3.05) is 18.1 Å². The standard InChI is InChI=1S/C35H30Cl2N2O7/c1-3-43-30-18-23(10-15-29(30)45-20-22-8-6-5-7-9-22)21-46-32-28(37)17-24(19-31(32)44-4-2)16-27-33(40)38-35(42)39(34(27)41)26-13-11-25(36)12-14-26/h5-19H,3-4,20-21H2,1-2H3,(H,38,40,42)/b27-16-. The molecule has 0 spiro atoms. The van der Waals surface area contributed by atoms with Crippen molar-refractivity contribution in [2.24, 2.45) is 0 Å². The summed E-state index contributed by atoms with van der Waals surface area (Å²) < 4.78 is 23.8. The van der Waals surface area contributed by atoms with E-state index in [0.29, 0.717) is 47.7 Å². The molecule has 5 rings (SSSR count). The molecule has 0 unspecified atom stereocenters. The minimum absolute atomic E-state index is 0.137. The van der Waals surface area contributed by atoms with Gasteiger partial charge in [0.1, 0.15) is 18.8 Å². The molecule has 4 aromatic carbocycles. The highest BCUT2D eigenvalue weighted by Gasteiger charge is 2.37. The fourth-order valence-electron chi connectivity index (χ4n) is 4.64. The fourth-order valence-corrected chi connectivity index (χ4v) is 5.04. The second-order valence-corrected chi connectivity index (χ2v) is 10.8. The third-order valence-corrected chi connectivity index (χ3v) is 7.29. The van der Waals surface area contributed by atoms with Crippen LogP contribution in [0.1, 0.15) is 30.5 Å². The molecule has 4 amide bonds. The van der Waals surface area contributed by atoms with Crippen LogP contribution >= 0.6 is 23.2 Å². The maximum Gasteiger partial charge on any atom is 0.335 e. The molecule has 1 fully saturated rings. The molecule has 1 heterocycles. The van der Waals surface area contributed by atoms with Crippen LogP contribution in [0.15, 0.2) is 90.5 Å². The Hall–Kier alpha value is -4.99. The van der Waals surface area contributed by atoms with Crippen molar-refractivity contribution < 1.29 is 33.3 Å². The summed E-state index contributed by atoms with van der Waals surface area (Å²) in [5.41, 5.74) is 2.22. The fraction of sp³-hybridized carbons (Fsp3) is 0.171. The molecule has 1 aliphatic heterocycles. The SMILES string of the molecule is CCOc1cc(COc2c(Cl)cc(/C=C3/C(=O)NC(=O)N(c4ccc(Cl)cc4)C3=O)cc2OCC)ccc1OCc1ccccc1. The van der Waals surface area contributed by atoms with E-state index in [1.807, 2.05) is 55.5 Å². The zero-order valence-corrected chi connectivity index (χ0v) is 26.6. The highest BCUT2D eigenvalue weighted by molar-refractivity contribution is 6.39. The topological polar surface area (TPSA) is 103 Å². The number of nitrogens with one attached hydrogen (secondary N) is 1. The molecule has 9 nitrogen and oxygen atoms in total. The highest BCUT2D eigenvalue weighted by Crippen LogP contribution is 2.39. The van der Waals surface area contributed by atoms with Gasteiger partial charge in [0, 0.05) is 5.02 Å². The number of imide groups is 2. The second-order valence-electron chi connectivity index (χ2n) is 9.97. The van der Waals surface area contributed by atoms with Gasteiger partial charge in [-0.1, -0.05) is 59.6 Å². The Bertz CT molecular complexity index is 1780. The molecule has 1 aliphatic rings. The summed E-state index contributed by atoms with van der Waals surface area (Å²) in [5.74, 6) is 0.147. The third kappa shape index (κ3) is 7.62. The molecular formula is C35H30Cl2N2O7. The van der Waals surface area contributed by atoms with Gasteiger partial charge >= 0.3 is 6.03 Å². The summed E-state index contributed by atoms with van der Waals surface area (Å²) in [6.45, 7) is 4.99. The van der Waals surface area contributed by atoms with Crippen molar-refractivity contribution in [3.63, 3.8) is 0 Å². The largest absolute Gasteiger partial charge is 0.490 e. The molecule has 4 aromatic rings. The van der Waals surface area contributed by atoms with E-state index < -0.39 is 17.8 Å². The zero-order valence-electron chi connectivity index (χ0n) is 25.0. The van der Waals surface area contributed by atoms with Gasteiger partial charge in [-0.3, -0.25) is 14.9 Å². The molecule has 1 saturated heterocycles. The second kappa shape index (κ2) is 14.9. The van der Waals surface area contributed by atoms with E-state index in [9.17, 15) is 14.4 Å². The normalized spacial score (nSPS) is 13.9. The minimum Gasteiger partial charge on any atom is -0.490 e. The van der Waals surface area contributed by atoms with E-state index in [-0.39, 0.29) is 28.6 Å². The van der Waals surface area contributed by atoms with Crippen molar-refractivity contribution in [1.29, 1.82) is 0 Å². The monoisotopic (exact) mass is 660 g/mol. The number of hydrogen-bond donors (Lipinski definition) is 1. The average Bonchev–Trinajstić information content (AvgIpc) is 3.04. The highest BCUT2D eigenvalue weighted by atomic mass is 35.5. The Morgan fingerprint density at radius 1 is 0.717 bits per heavy atom. The Labute approximate surface area is 276 Å². The average molecular weight is 662 g/mol. The van der Waals surface area contributed by atoms with Crippen LogP contribution in [-0.4, -0.2) is 31.1 Å². The lowest BCUT2D eigenvalue weighted by Gasteiger charge is -2.26. The van der Waals surface area contributed by atoms with Gasteiger partial charge in [0.15, 0.2) is 23.0 Å². The minimum atomic E-state index is -0.866. The van der Waals surface area contributed by atoms with Crippen molar-refractivity contribution in [1.82, 2.24) is 5.32 Å². The number of benzene rings is 4. The van der Waals surface area contributed by atoms with Crippen molar-refractivity contribution in [3.8, 4) is 23.0 Å². The van der Waals surface area contributed by atoms with Crippen LogP contribution in [0.25, 0.3) is 6.08 Å². The quantitative estimate of drug-likeness (QED) is 0.123. The van der Waals surface area contributed by atoms with Crippen LogP contribution in [0.4, 0.5) is 10.5 Å². The lowest BCUT2D eigenvalue weighted by Crippen LogP contribution is -2.54. The molecule has 1 N–H and O–H groups in total. The summed E-state index contributed by atoms with van der Waals surface area (Å²) >= 11 is 12.6. The van der Waals surface area contributed by atoms with E-state index in [0.717, 1.165) is 16.0 Å². The summed E-state index contributed by atoms with van der Waals surface area (Å²) in [4.78, 5) is 39.4. The summed E-state index contributed by atoms with van der Waals surface area (Å²) in [6.07, 6.45) is 1.34. The molecule has 0 aromatic heterocycles. The van der Waals surface area contributed by atoms with Gasteiger partial charge in [0.25, 0.3) is 11.8 Å². The van der Waals surface area contributed by atoms with Crippen molar-refractivity contribution in [3.05, 3.63) is 117 Å². The van der Waals surface area contributed by atoms with Crippen molar-refractivity contribution >= 4 is 52.8 Å². The number of anilines is 1. The van der Waals surface area contributed by atoms with Gasteiger partial charge in [-0.2, -0.15) is 0 Å². The summed E-state index contributed by atoms with van der Waals surface area (Å²) in [7, 11) is 0. The third-order valence-electron chi connectivity index (χ3n) is 6.76. The number of barbiturate groups is 1. The number of halogens is 2. The van der Waals surface area contributed by atoms with Crippen molar-refractivity contribution in [2.45, 2.75) is 27.1 Å². The number of rotatable bonds is 12. The van der Waals surface area contributed by atoms with Crippen LogP contribution in [0.5, 0.6) is 23.0 Å². The number of amides is 4.